The maximum atomic E-state index is 12.5. The number of aromatic nitrogens is 2. The fourth-order valence-corrected chi connectivity index (χ4v) is 2.82. The van der Waals surface area contributed by atoms with Crippen molar-refractivity contribution in [1.29, 1.82) is 0 Å². The first kappa shape index (κ1) is 11.7. The third-order valence-electron chi connectivity index (χ3n) is 3.89. The maximum absolute atomic E-state index is 12.5. The standard InChI is InChI=1S/C13H19N3O2/c1-9-8-18-7-6-16(9)13(17)12-10-4-2-3-5-11(10)14-15-12/h9H,2-8H2,1H3,(H,14,15). The van der Waals surface area contributed by atoms with Crippen molar-refractivity contribution in [1.82, 2.24) is 15.1 Å². The molecule has 18 heavy (non-hydrogen) atoms. The van der Waals surface area contributed by atoms with Crippen molar-refractivity contribution >= 4 is 5.91 Å². The van der Waals surface area contributed by atoms with Gasteiger partial charge in [-0.2, -0.15) is 5.10 Å². The van der Waals surface area contributed by atoms with E-state index in [1.165, 1.54) is 6.42 Å². The van der Waals surface area contributed by atoms with E-state index in [1.807, 2.05) is 11.8 Å². The van der Waals surface area contributed by atoms with Gasteiger partial charge >= 0.3 is 0 Å². The molecule has 2 heterocycles. The lowest BCUT2D eigenvalue weighted by Gasteiger charge is -2.33. The van der Waals surface area contributed by atoms with Gasteiger partial charge in [-0.3, -0.25) is 9.89 Å². The fraction of sp³-hybridized carbons (Fsp3) is 0.692. The Kier molecular flexibility index (Phi) is 3.07. The molecular weight excluding hydrogens is 230 g/mol. The number of carbonyl (C=O) groups is 1. The predicted molar refractivity (Wildman–Crippen MR) is 66.5 cm³/mol. The van der Waals surface area contributed by atoms with Gasteiger partial charge in [-0.15, -0.1) is 0 Å². The molecule has 1 aliphatic heterocycles. The Balaban J connectivity index is 1.85. The van der Waals surface area contributed by atoms with Crippen molar-refractivity contribution in [2.45, 2.75) is 38.6 Å². The topological polar surface area (TPSA) is 58.2 Å². The van der Waals surface area contributed by atoms with E-state index in [-0.39, 0.29) is 11.9 Å². The summed E-state index contributed by atoms with van der Waals surface area (Å²) in [6.45, 7) is 3.94. The summed E-state index contributed by atoms with van der Waals surface area (Å²) in [5.41, 5.74) is 2.94. The number of hydrogen-bond acceptors (Lipinski definition) is 3. The van der Waals surface area contributed by atoms with Crippen molar-refractivity contribution in [2.75, 3.05) is 19.8 Å². The van der Waals surface area contributed by atoms with Crippen LogP contribution in [0.1, 0.15) is 41.5 Å². The van der Waals surface area contributed by atoms with Crippen LogP contribution < -0.4 is 0 Å². The van der Waals surface area contributed by atoms with Crippen LogP contribution in [0.4, 0.5) is 0 Å². The quantitative estimate of drug-likeness (QED) is 0.812. The molecule has 3 rings (SSSR count). The fourth-order valence-electron chi connectivity index (χ4n) is 2.82. The second-order valence-corrected chi connectivity index (χ2v) is 5.16. The third kappa shape index (κ3) is 1.92. The normalized spacial score (nSPS) is 23.8. The highest BCUT2D eigenvalue weighted by Crippen LogP contribution is 2.24. The van der Waals surface area contributed by atoms with Crippen LogP contribution in [-0.4, -0.2) is 46.8 Å². The van der Waals surface area contributed by atoms with Gasteiger partial charge in [-0.05, 0) is 32.6 Å². The summed E-state index contributed by atoms with van der Waals surface area (Å²) in [6, 6.07) is 0.141. The number of nitrogens with zero attached hydrogens (tertiary/aromatic N) is 2. The molecule has 0 radical (unpaired) electrons. The molecule has 1 atom stereocenters. The van der Waals surface area contributed by atoms with Gasteiger partial charge in [0.15, 0.2) is 5.69 Å². The highest BCUT2D eigenvalue weighted by molar-refractivity contribution is 5.94. The van der Waals surface area contributed by atoms with Crippen LogP contribution in [0, 0.1) is 0 Å². The lowest BCUT2D eigenvalue weighted by molar-refractivity contribution is 0.00320. The molecule has 0 spiro atoms. The highest BCUT2D eigenvalue weighted by atomic mass is 16.5. The molecule has 1 unspecified atom stereocenters. The second kappa shape index (κ2) is 4.72. The van der Waals surface area contributed by atoms with Crippen molar-refractivity contribution in [3.05, 3.63) is 17.0 Å². The Morgan fingerprint density at radius 1 is 1.44 bits per heavy atom. The Hall–Kier alpha value is -1.36. The molecule has 1 fully saturated rings. The number of aromatic amines is 1. The minimum Gasteiger partial charge on any atom is -0.377 e. The van der Waals surface area contributed by atoms with Crippen LogP contribution in [0.5, 0.6) is 0 Å². The number of nitrogens with one attached hydrogen (secondary N) is 1. The second-order valence-electron chi connectivity index (χ2n) is 5.16. The molecule has 1 aromatic heterocycles. The van der Waals surface area contributed by atoms with Gasteiger partial charge in [0.1, 0.15) is 0 Å². The summed E-state index contributed by atoms with van der Waals surface area (Å²) in [5.74, 6) is 0.0604. The van der Waals surface area contributed by atoms with Crippen LogP contribution in [-0.2, 0) is 17.6 Å². The minimum atomic E-state index is 0.0604. The van der Waals surface area contributed by atoms with E-state index in [0.29, 0.717) is 25.5 Å². The van der Waals surface area contributed by atoms with Crippen molar-refractivity contribution in [3.63, 3.8) is 0 Å². The van der Waals surface area contributed by atoms with Crippen LogP contribution in [0.25, 0.3) is 0 Å². The van der Waals surface area contributed by atoms with Gasteiger partial charge in [0.05, 0.1) is 19.3 Å². The first-order valence-corrected chi connectivity index (χ1v) is 6.72. The van der Waals surface area contributed by atoms with Gasteiger partial charge in [0.2, 0.25) is 0 Å². The number of hydrogen-bond donors (Lipinski definition) is 1. The smallest absolute Gasteiger partial charge is 0.275 e. The molecule has 0 aromatic carbocycles. The van der Waals surface area contributed by atoms with E-state index in [1.54, 1.807) is 0 Å². The molecule has 98 valence electrons. The molecule has 1 aromatic rings. The van der Waals surface area contributed by atoms with Gasteiger partial charge in [0.25, 0.3) is 5.91 Å². The minimum absolute atomic E-state index is 0.0604. The predicted octanol–water partition coefficient (Wildman–Crippen LogP) is 1.15. The van der Waals surface area contributed by atoms with Gasteiger partial charge in [-0.25, -0.2) is 0 Å². The molecule has 1 aliphatic carbocycles. The first-order valence-electron chi connectivity index (χ1n) is 6.72. The maximum Gasteiger partial charge on any atom is 0.275 e. The number of morpholine rings is 1. The van der Waals surface area contributed by atoms with E-state index >= 15 is 0 Å². The molecule has 5 heteroatoms. The highest BCUT2D eigenvalue weighted by Gasteiger charge is 2.29. The van der Waals surface area contributed by atoms with Gasteiger partial charge < -0.3 is 9.64 Å². The molecule has 0 saturated carbocycles. The zero-order valence-electron chi connectivity index (χ0n) is 10.7. The summed E-state index contributed by atoms with van der Waals surface area (Å²) in [4.78, 5) is 14.4. The number of aryl methyl sites for hydroxylation is 1. The molecule has 1 saturated heterocycles. The number of H-pyrrole nitrogens is 1. The lowest BCUT2D eigenvalue weighted by atomic mass is 9.95. The Morgan fingerprint density at radius 3 is 3.11 bits per heavy atom. The molecule has 1 amide bonds. The number of rotatable bonds is 1. The summed E-state index contributed by atoms with van der Waals surface area (Å²) >= 11 is 0. The van der Waals surface area contributed by atoms with Crippen LogP contribution in [0.2, 0.25) is 0 Å². The van der Waals surface area contributed by atoms with E-state index in [0.717, 1.165) is 30.5 Å². The number of ether oxygens (including phenoxy) is 1. The number of amides is 1. The Bertz CT molecular complexity index is 455. The molecule has 0 bridgehead atoms. The summed E-state index contributed by atoms with van der Waals surface area (Å²) in [5, 5.41) is 7.28. The molecular formula is C13H19N3O2. The Labute approximate surface area is 107 Å². The third-order valence-corrected chi connectivity index (χ3v) is 3.89. The Morgan fingerprint density at radius 2 is 2.28 bits per heavy atom. The molecule has 2 aliphatic rings. The zero-order valence-corrected chi connectivity index (χ0v) is 10.7. The first-order chi connectivity index (χ1) is 8.77. The average Bonchev–Trinajstić information content (AvgIpc) is 2.82. The molecule has 5 nitrogen and oxygen atoms in total. The molecule has 1 N–H and O–H groups in total. The van der Waals surface area contributed by atoms with Crippen LogP contribution in [0.3, 0.4) is 0 Å². The van der Waals surface area contributed by atoms with Crippen LogP contribution in [0.15, 0.2) is 0 Å². The lowest BCUT2D eigenvalue weighted by Crippen LogP contribution is -2.47. The SMILES string of the molecule is CC1COCCN1C(=O)c1n[nH]c2c1CCCC2. The number of fused-ring (bicyclic) bond motifs is 1. The summed E-state index contributed by atoms with van der Waals surface area (Å²) in [6.07, 6.45) is 4.35. The average molecular weight is 249 g/mol. The van der Waals surface area contributed by atoms with Crippen molar-refractivity contribution in [3.8, 4) is 0 Å². The summed E-state index contributed by atoms with van der Waals surface area (Å²) in [7, 11) is 0. The van der Waals surface area contributed by atoms with E-state index < -0.39 is 0 Å². The van der Waals surface area contributed by atoms with Gasteiger partial charge in [-0.1, -0.05) is 0 Å². The van der Waals surface area contributed by atoms with Crippen LogP contribution >= 0.6 is 0 Å². The number of carbonyl (C=O) groups excluding carboxylic acids is 1. The van der Waals surface area contributed by atoms with E-state index in [2.05, 4.69) is 10.2 Å². The van der Waals surface area contributed by atoms with Crippen molar-refractivity contribution in [2.24, 2.45) is 0 Å². The van der Waals surface area contributed by atoms with E-state index in [9.17, 15) is 4.79 Å². The monoisotopic (exact) mass is 249 g/mol. The van der Waals surface area contributed by atoms with Gasteiger partial charge in [0, 0.05) is 17.8 Å². The largest absolute Gasteiger partial charge is 0.377 e. The summed E-state index contributed by atoms with van der Waals surface area (Å²) < 4.78 is 5.37. The zero-order chi connectivity index (χ0) is 12.5. The van der Waals surface area contributed by atoms with Crippen molar-refractivity contribution < 1.29 is 9.53 Å². The van der Waals surface area contributed by atoms with E-state index in [4.69, 9.17) is 4.74 Å².